The molecule has 3 rings (SSSR count). The van der Waals surface area contributed by atoms with Crippen LogP contribution in [0.15, 0.2) is 24.3 Å². The van der Waals surface area contributed by atoms with Crippen molar-refractivity contribution in [1.29, 1.82) is 0 Å². The Kier molecular flexibility index (Phi) is 6.09. The van der Waals surface area contributed by atoms with E-state index in [-0.39, 0.29) is 6.04 Å². The second kappa shape index (κ2) is 8.49. The molecule has 0 radical (unpaired) electrons. The zero-order chi connectivity index (χ0) is 18.5. The van der Waals surface area contributed by atoms with Crippen LogP contribution in [-0.2, 0) is 6.42 Å². The van der Waals surface area contributed by atoms with Crippen molar-refractivity contribution in [3.05, 3.63) is 41.1 Å². The first-order valence-corrected chi connectivity index (χ1v) is 9.77. The largest absolute Gasteiger partial charge is 0.355 e. The molecule has 0 aliphatic carbocycles. The van der Waals surface area contributed by atoms with E-state index in [1.54, 1.807) is 0 Å². The van der Waals surface area contributed by atoms with Crippen LogP contribution in [0.5, 0.6) is 0 Å². The Balaban J connectivity index is 1.88. The Morgan fingerprint density at radius 1 is 1.15 bits per heavy atom. The Morgan fingerprint density at radius 3 is 2.62 bits per heavy atom. The molecule has 140 valence electrons. The molecule has 1 atom stereocenters. The lowest BCUT2D eigenvalue weighted by Crippen LogP contribution is -2.43. The molecular formula is C21H31N5. The van der Waals surface area contributed by atoms with Gasteiger partial charge in [0, 0.05) is 36.6 Å². The molecule has 2 aromatic rings. The first kappa shape index (κ1) is 18.6. The summed E-state index contributed by atoms with van der Waals surface area (Å²) in [6.45, 7) is 8.31. The number of aromatic nitrogens is 2. The number of hydrogen-bond acceptors (Lipinski definition) is 5. The molecule has 0 saturated carbocycles. The number of nitrogens with one attached hydrogen (secondary N) is 1. The van der Waals surface area contributed by atoms with Crippen LogP contribution in [0.1, 0.15) is 49.4 Å². The highest BCUT2D eigenvalue weighted by Crippen LogP contribution is 2.23. The van der Waals surface area contributed by atoms with Gasteiger partial charge in [-0.1, -0.05) is 19.4 Å². The zero-order valence-electron chi connectivity index (χ0n) is 16.3. The van der Waals surface area contributed by atoms with E-state index in [0.717, 1.165) is 62.4 Å². The summed E-state index contributed by atoms with van der Waals surface area (Å²) in [5, 5.41) is 3.41. The molecule has 5 nitrogen and oxygen atoms in total. The minimum atomic E-state index is 0.230. The Bertz CT molecular complexity index is 723. The zero-order valence-corrected chi connectivity index (χ0v) is 16.3. The van der Waals surface area contributed by atoms with E-state index in [1.165, 1.54) is 11.1 Å². The third-order valence-electron chi connectivity index (χ3n) is 4.81. The van der Waals surface area contributed by atoms with E-state index < -0.39 is 0 Å². The average molecular weight is 354 g/mol. The summed E-state index contributed by atoms with van der Waals surface area (Å²) >= 11 is 0. The van der Waals surface area contributed by atoms with Crippen LogP contribution in [-0.4, -0.2) is 29.1 Å². The van der Waals surface area contributed by atoms with Crippen LogP contribution in [0, 0.1) is 13.8 Å². The molecule has 1 fully saturated rings. The monoisotopic (exact) mass is 353 g/mol. The Labute approximate surface area is 157 Å². The number of unbranched alkanes of at least 4 members (excludes halogenated alkanes) is 1. The maximum atomic E-state index is 6.17. The predicted molar refractivity (Wildman–Crippen MR) is 109 cm³/mol. The molecule has 5 heteroatoms. The van der Waals surface area contributed by atoms with Crippen LogP contribution < -0.4 is 16.0 Å². The molecule has 1 aliphatic heterocycles. The highest BCUT2D eigenvalue weighted by molar-refractivity contribution is 5.58. The Hall–Kier alpha value is -2.14. The van der Waals surface area contributed by atoms with Crippen molar-refractivity contribution in [2.75, 3.05) is 23.3 Å². The van der Waals surface area contributed by atoms with Gasteiger partial charge in [-0.15, -0.1) is 0 Å². The first-order valence-electron chi connectivity index (χ1n) is 9.77. The molecule has 0 amide bonds. The third-order valence-corrected chi connectivity index (χ3v) is 4.81. The van der Waals surface area contributed by atoms with Crippen LogP contribution in [0.2, 0.25) is 0 Å². The second-order valence-electron chi connectivity index (χ2n) is 7.49. The van der Waals surface area contributed by atoms with Gasteiger partial charge in [0.15, 0.2) is 0 Å². The van der Waals surface area contributed by atoms with Gasteiger partial charge in [-0.05, 0) is 62.8 Å². The van der Waals surface area contributed by atoms with Crippen molar-refractivity contribution in [1.82, 2.24) is 9.97 Å². The fraction of sp³-hybridized carbons (Fsp3) is 0.524. The molecule has 1 aromatic heterocycles. The number of nitrogens with two attached hydrogens (primary N) is 1. The molecular weight excluding hydrogens is 322 g/mol. The molecule has 0 spiro atoms. The molecule has 2 heterocycles. The van der Waals surface area contributed by atoms with Gasteiger partial charge in [-0.3, -0.25) is 0 Å². The minimum Gasteiger partial charge on any atom is -0.355 e. The molecule has 1 saturated heterocycles. The highest BCUT2D eigenvalue weighted by Gasteiger charge is 2.19. The van der Waals surface area contributed by atoms with E-state index in [9.17, 15) is 0 Å². The molecule has 26 heavy (non-hydrogen) atoms. The van der Waals surface area contributed by atoms with E-state index >= 15 is 0 Å². The Morgan fingerprint density at radius 2 is 1.92 bits per heavy atom. The van der Waals surface area contributed by atoms with Gasteiger partial charge in [0.1, 0.15) is 5.82 Å². The summed E-state index contributed by atoms with van der Waals surface area (Å²) in [4.78, 5) is 11.9. The van der Waals surface area contributed by atoms with E-state index in [4.69, 9.17) is 15.7 Å². The first-order chi connectivity index (χ1) is 12.5. The van der Waals surface area contributed by atoms with Gasteiger partial charge in [-0.25, -0.2) is 4.98 Å². The summed E-state index contributed by atoms with van der Waals surface area (Å²) in [5.74, 6) is 1.67. The fourth-order valence-electron chi connectivity index (χ4n) is 3.58. The lowest BCUT2D eigenvalue weighted by Gasteiger charge is -2.32. The average Bonchev–Trinajstić information content (AvgIpc) is 2.59. The molecule has 1 aromatic carbocycles. The van der Waals surface area contributed by atoms with Crippen LogP contribution in [0.4, 0.5) is 17.5 Å². The maximum Gasteiger partial charge on any atom is 0.229 e. The van der Waals surface area contributed by atoms with Crippen molar-refractivity contribution in [2.45, 2.75) is 58.9 Å². The fourth-order valence-corrected chi connectivity index (χ4v) is 3.58. The van der Waals surface area contributed by atoms with Gasteiger partial charge in [0.2, 0.25) is 5.95 Å². The number of nitrogens with zero attached hydrogens (tertiary/aromatic N) is 3. The molecule has 0 bridgehead atoms. The van der Waals surface area contributed by atoms with Crippen LogP contribution in [0.25, 0.3) is 0 Å². The molecule has 0 unspecified atom stereocenters. The van der Waals surface area contributed by atoms with Crippen molar-refractivity contribution in [3.63, 3.8) is 0 Å². The van der Waals surface area contributed by atoms with Crippen LogP contribution in [0.3, 0.4) is 0 Å². The number of rotatable bonds is 6. The SMILES string of the molecule is CCCCc1cc(N2CCC[C@@H](N)C2)nc(Nc2cc(C)cc(C)c2)n1. The molecule has 1 aliphatic rings. The molecule has 3 N–H and O–H groups in total. The summed E-state index contributed by atoms with van der Waals surface area (Å²) in [6.07, 6.45) is 5.49. The number of piperidine rings is 1. The second-order valence-corrected chi connectivity index (χ2v) is 7.49. The van der Waals surface area contributed by atoms with Gasteiger partial charge in [0.25, 0.3) is 0 Å². The van der Waals surface area contributed by atoms with Crippen molar-refractivity contribution >= 4 is 17.5 Å². The summed E-state index contributed by atoms with van der Waals surface area (Å²) < 4.78 is 0. The summed E-state index contributed by atoms with van der Waals surface area (Å²) in [7, 11) is 0. The number of aryl methyl sites for hydroxylation is 3. The van der Waals surface area contributed by atoms with Gasteiger partial charge < -0.3 is 16.0 Å². The van der Waals surface area contributed by atoms with E-state index in [0.29, 0.717) is 5.95 Å². The van der Waals surface area contributed by atoms with Gasteiger partial charge in [0.05, 0.1) is 0 Å². The highest BCUT2D eigenvalue weighted by atomic mass is 15.2. The summed E-state index contributed by atoms with van der Waals surface area (Å²) in [5.41, 5.74) is 10.8. The van der Waals surface area contributed by atoms with Gasteiger partial charge >= 0.3 is 0 Å². The van der Waals surface area contributed by atoms with Crippen LogP contribution >= 0.6 is 0 Å². The minimum absolute atomic E-state index is 0.230. The van der Waals surface area contributed by atoms with Crippen molar-refractivity contribution in [2.24, 2.45) is 5.73 Å². The maximum absolute atomic E-state index is 6.17. The standard InChI is InChI=1S/C21H31N5/c1-4-5-8-18-13-20(26-9-6-7-17(22)14-26)25-21(23-18)24-19-11-15(2)10-16(3)12-19/h10-13,17H,4-9,14,22H2,1-3H3,(H,23,24,25)/t17-/m1/s1. The third kappa shape index (κ3) is 4.94. The lowest BCUT2D eigenvalue weighted by molar-refractivity contribution is 0.503. The lowest BCUT2D eigenvalue weighted by atomic mass is 10.1. The quantitative estimate of drug-likeness (QED) is 0.818. The van der Waals surface area contributed by atoms with E-state index in [2.05, 4.69) is 55.3 Å². The predicted octanol–water partition coefficient (Wildman–Crippen LogP) is 4.11. The van der Waals surface area contributed by atoms with Crippen molar-refractivity contribution < 1.29 is 0 Å². The van der Waals surface area contributed by atoms with Crippen molar-refractivity contribution in [3.8, 4) is 0 Å². The number of benzene rings is 1. The topological polar surface area (TPSA) is 67.1 Å². The van der Waals surface area contributed by atoms with E-state index in [1.807, 2.05) is 0 Å². The van der Waals surface area contributed by atoms with Gasteiger partial charge in [-0.2, -0.15) is 4.98 Å². The summed E-state index contributed by atoms with van der Waals surface area (Å²) in [6, 6.07) is 8.80. The number of hydrogen-bond donors (Lipinski definition) is 2. The number of anilines is 3. The normalized spacial score (nSPS) is 17.4. The smallest absolute Gasteiger partial charge is 0.229 e.